The molecular formula is C17H17F2NO2. The van der Waals surface area contributed by atoms with Gasteiger partial charge in [-0.25, -0.2) is 13.6 Å². The van der Waals surface area contributed by atoms with Crippen LogP contribution in [0, 0.1) is 0 Å². The molecule has 1 atom stereocenters. The van der Waals surface area contributed by atoms with Gasteiger partial charge in [-0.1, -0.05) is 60.7 Å². The van der Waals surface area contributed by atoms with Crippen molar-refractivity contribution >= 4 is 5.97 Å². The highest BCUT2D eigenvalue weighted by Crippen LogP contribution is 2.21. The fourth-order valence-corrected chi connectivity index (χ4v) is 2.03. The van der Waals surface area contributed by atoms with E-state index in [1.54, 1.807) is 54.6 Å². The van der Waals surface area contributed by atoms with Crippen LogP contribution < -0.4 is 5.73 Å². The predicted octanol–water partition coefficient (Wildman–Crippen LogP) is 2.94. The van der Waals surface area contributed by atoms with Crippen LogP contribution in [-0.2, 0) is 22.6 Å². The van der Waals surface area contributed by atoms with Gasteiger partial charge in [-0.05, 0) is 11.1 Å². The van der Waals surface area contributed by atoms with Crippen LogP contribution in [0.2, 0.25) is 0 Å². The lowest BCUT2D eigenvalue weighted by molar-refractivity contribution is -0.158. The summed E-state index contributed by atoms with van der Waals surface area (Å²) >= 11 is 0. The summed E-state index contributed by atoms with van der Waals surface area (Å²) in [5.41, 5.74) is 4.58. The quantitative estimate of drug-likeness (QED) is 0.835. The second-order valence-corrected chi connectivity index (χ2v) is 5.07. The van der Waals surface area contributed by atoms with Gasteiger partial charge in [-0.2, -0.15) is 0 Å². The fraction of sp³-hybridized carbons (Fsp3) is 0.235. The van der Waals surface area contributed by atoms with Crippen LogP contribution in [0.5, 0.6) is 0 Å². The topological polar surface area (TPSA) is 52.3 Å². The average Bonchev–Trinajstić information content (AvgIpc) is 2.54. The van der Waals surface area contributed by atoms with Crippen molar-refractivity contribution in [2.24, 2.45) is 5.73 Å². The van der Waals surface area contributed by atoms with Crippen molar-refractivity contribution < 1.29 is 18.3 Å². The minimum absolute atomic E-state index is 0.0832. The number of esters is 1. The summed E-state index contributed by atoms with van der Waals surface area (Å²) in [4.78, 5) is 12.1. The van der Waals surface area contributed by atoms with Crippen LogP contribution in [-0.4, -0.2) is 17.9 Å². The molecule has 2 rings (SSSR count). The zero-order chi connectivity index (χ0) is 16.0. The fourth-order valence-electron chi connectivity index (χ4n) is 2.03. The van der Waals surface area contributed by atoms with Crippen LogP contribution in [0.1, 0.15) is 11.1 Å². The van der Waals surface area contributed by atoms with Crippen LogP contribution in [0.25, 0.3) is 0 Å². The monoisotopic (exact) mass is 305 g/mol. The van der Waals surface area contributed by atoms with Crippen LogP contribution in [0.3, 0.4) is 0 Å². The summed E-state index contributed by atoms with van der Waals surface area (Å²) in [6.45, 7) is -0.0832. The molecule has 0 bridgehead atoms. The number of rotatable bonds is 6. The van der Waals surface area contributed by atoms with Gasteiger partial charge in [-0.15, -0.1) is 0 Å². The highest BCUT2D eigenvalue weighted by molar-refractivity contribution is 5.81. The Morgan fingerprint density at radius 2 is 1.50 bits per heavy atom. The molecule has 0 radical (unpaired) electrons. The Morgan fingerprint density at radius 1 is 1.00 bits per heavy atom. The molecule has 116 valence electrons. The molecule has 5 heteroatoms. The average molecular weight is 305 g/mol. The first-order valence-electron chi connectivity index (χ1n) is 6.84. The first-order valence-corrected chi connectivity index (χ1v) is 6.84. The summed E-state index contributed by atoms with van der Waals surface area (Å²) in [7, 11) is 0. The second-order valence-electron chi connectivity index (χ2n) is 5.07. The number of nitrogens with two attached hydrogens (primary N) is 1. The van der Waals surface area contributed by atoms with Crippen LogP contribution in [0.15, 0.2) is 60.7 Å². The zero-order valence-electron chi connectivity index (χ0n) is 11.9. The number of alkyl halides is 2. The van der Waals surface area contributed by atoms with Gasteiger partial charge >= 0.3 is 5.97 Å². The van der Waals surface area contributed by atoms with E-state index in [2.05, 4.69) is 0 Å². The van der Waals surface area contributed by atoms with Crippen molar-refractivity contribution in [3.63, 3.8) is 0 Å². The first-order chi connectivity index (χ1) is 10.5. The van der Waals surface area contributed by atoms with E-state index in [1.165, 1.54) is 0 Å². The molecule has 3 nitrogen and oxygen atoms in total. The third-order valence-electron chi connectivity index (χ3n) is 3.32. The van der Waals surface area contributed by atoms with Crippen molar-refractivity contribution in [3.05, 3.63) is 71.8 Å². The molecule has 2 aromatic rings. The molecule has 2 N–H and O–H groups in total. The van der Waals surface area contributed by atoms with Crippen molar-refractivity contribution in [1.29, 1.82) is 0 Å². The molecule has 0 aromatic heterocycles. The number of hydrogen-bond donors (Lipinski definition) is 1. The Labute approximate surface area is 127 Å². The summed E-state index contributed by atoms with van der Waals surface area (Å²) in [5, 5.41) is 0. The van der Waals surface area contributed by atoms with Gasteiger partial charge in [0, 0.05) is 6.42 Å². The predicted molar refractivity (Wildman–Crippen MR) is 79.3 cm³/mol. The van der Waals surface area contributed by atoms with E-state index in [-0.39, 0.29) is 13.0 Å². The van der Waals surface area contributed by atoms with E-state index >= 15 is 0 Å². The van der Waals surface area contributed by atoms with E-state index < -0.39 is 17.9 Å². The van der Waals surface area contributed by atoms with Crippen LogP contribution in [0.4, 0.5) is 8.78 Å². The molecule has 22 heavy (non-hydrogen) atoms. The Balaban J connectivity index is 2.07. The number of halogens is 2. The normalized spacial score (nSPS) is 13.6. The van der Waals surface area contributed by atoms with Crippen LogP contribution >= 0.6 is 0 Å². The SMILES string of the molecule is N[C@](Cc1ccccc1)(C(=O)OCc1ccccc1)C(F)F. The molecule has 0 heterocycles. The molecule has 0 saturated heterocycles. The lowest BCUT2D eigenvalue weighted by Crippen LogP contribution is -2.56. The molecular weight excluding hydrogens is 288 g/mol. The summed E-state index contributed by atoms with van der Waals surface area (Å²) in [6, 6.07) is 17.3. The highest BCUT2D eigenvalue weighted by atomic mass is 19.3. The number of carbonyl (C=O) groups is 1. The number of carbonyl (C=O) groups excluding carboxylic acids is 1. The zero-order valence-corrected chi connectivity index (χ0v) is 11.9. The van der Waals surface area contributed by atoms with Gasteiger partial charge in [0.15, 0.2) is 5.54 Å². The van der Waals surface area contributed by atoms with Crippen molar-refractivity contribution in [1.82, 2.24) is 0 Å². The highest BCUT2D eigenvalue weighted by Gasteiger charge is 2.45. The first kappa shape index (κ1) is 16.1. The standard InChI is InChI=1S/C17H17F2NO2/c18-15(19)17(20,11-13-7-3-1-4-8-13)16(21)22-12-14-9-5-2-6-10-14/h1-10,15H,11-12,20H2/t17-/m0/s1. The van der Waals surface area contributed by atoms with Crippen molar-refractivity contribution in [2.75, 3.05) is 0 Å². The van der Waals surface area contributed by atoms with Gasteiger partial charge in [0.05, 0.1) is 0 Å². The lowest BCUT2D eigenvalue weighted by atomic mass is 9.92. The summed E-state index contributed by atoms with van der Waals surface area (Å²) in [5.74, 6) is -1.10. The van der Waals surface area contributed by atoms with Crippen molar-refractivity contribution in [3.8, 4) is 0 Å². The van der Waals surface area contributed by atoms with Gasteiger partial charge in [0.1, 0.15) is 6.61 Å². The Morgan fingerprint density at radius 3 is 2.00 bits per heavy atom. The van der Waals surface area contributed by atoms with E-state index in [0.717, 1.165) is 0 Å². The summed E-state index contributed by atoms with van der Waals surface area (Å²) < 4.78 is 31.6. The largest absolute Gasteiger partial charge is 0.459 e. The molecule has 0 aliphatic carbocycles. The maximum atomic E-state index is 13.3. The Hall–Kier alpha value is -2.27. The molecule has 0 spiro atoms. The van der Waals surface area contributed by atoms with Gasteiger partial charge in [0.25, 0.3) is 6.43 Å². The Bertz CT molecular complexity index is 605. The molecule has 0 amide bonds. The molecule has 0 aliphatic heterocycles. The third-order valence-corrected chi connectivity index (χ3v) is 3.32. The molecule has 0 unspecified atom stereocenters. The van der Waals surface area contributed by atoms with Gasteiger partial charge in [0.2, 0.25) is 0 Å². The van der Waals surface area contributed by atoms with Crippen molar-refractivity contribution in [2.45, 2.75) is 25.0 Å². The lowest BCUT2D eigenvalue weighted by Gasteiger charge is -2.26. The number of benzene rings is 2. The number of ether oxygens (including phenoxy) is 1. The van der Waals surface area contributed by atoms with E-state index in [0.29, 0.717) is 11.1 Å². The minimum atomic E-state index is -3.02. The van der Waals surface area contributed by atoms with E-state index in [1.807, 2.05) is 6.07 Å². The van der Waals surface area contributed by atoms with E-state index in [9.17, 15) is 13.6 Å². The minimum Gasteiger partial charge on any atom is -0.459 e. The third kappa shape index (κ3) is 3.89. The number of hydrogen-bond acceptors (Lipinski definition) is 3. The summed E-state index contributed by atoms with van der Waals surface area (Å²) in [6.07, 6.45) is -3.30. The molecule has 0 saturated carbocycles. The maximum absolute atomic E-state index is 13.3. The maximum Gasteiger partial charge on any atom is 0.332 e. The molecule has 2 aromatic carbocycles. The van der Waals surface area contributed by atoms with Gasteiger partial charge < -0.3 is 10.5 Å². The second kappa shape index (κ2) is 7.13. The smallest absolute Gasteiger partial charge is 0.332 e. The Kier molecular flexibility index (Phi) is 5.22. The molecule has 0 aliphatic rings. The molecule has 0 fully saturated rings. The van der Waals surface area contributed by atoms with E-state index in [4.69, 9.17) is 10.5 Å². The van der Waals surface area contributed by atoms with Gasteiger partial charge in [-0.3, -0.25) is 0 Å².